The van der Waals surface area contributed by atoms with Crippen LogP contribution in [0.2, 0.25) is 10.0 Å². The maximum Gasteiger partial charge on any atom is 0.188 e. The molecule has 0 atom stereocenters. The molecule has 0 saturated carbocycles. The highest BCUT2D eigenvalue weighted by Crippen LogP contribution is 2.27. The topological polar surface area (TPSA) is 18.5 Å². The van der Waals surface area contributed by atoms with E-state index in [1.807, 2.05) is 0 Å². The van der Waals surface area contributed by atoms with E-state index in [1.54, 1.807) is 25.3 Å². The van der Waals surface area contributed by atoms with E-state index in [9.17, 15) is 0 Å². The highest BCUT2D eigenvalue weighted by molar-refractivity contribution is 6.35. The van der Waals surface area contributed by atoms with Gasteiger partial charge in [-0.1, -0.05) is 23.2 Å². The minimum Gasteiger partial charge on any atom is -0.466 e. The van der Waals surface area contributed by atoms with Gasteiger partial charge >= 0.3 is 0 Å². The first kappa shape index (κ1) is 9.65. The van der Waals surface area contributed by atoms with Crippen molar-refractivity contribution >= 4 is 23.2 Å². The number of hydrogen-bond acceptors (Lipinski definition) is 2. The molecule has 0 aliphatic carbocycles. The molecular weight excluding hydrogens is 199 g/mol. The lowest BCUT2D eigenvalue weighted by atomic mass is 10.3. The van der Waals surface area contributed by atoms with E-state index in [-0.39, 0.29) is 6.79 Å². The molecule has 0 aliphatic heterocycles. The van der Waals surface area contributed by atoms with Crippen LogP contribution in [0.25, 0.3) is 0 Å². The van der Waals surface area contributed by atoms with E-state index < -0.39 is 0 Å². The molecule has 0 unspecified atom stereocenters. The van der Waals surface area contributed by atoms with E-state index in [0.717, 1.165) is 0 Å². The van der Waals surface area contributed by atoms with E-state index in [4.69, 9.17) is 32.7 Å². The van der Waals surface area contributed by atoms with Crippen molar-refractivity contribution in [3.05, 3.63) is 28.2 Å². The second-order valence-corrected chi connectivity index (χ2v) is 2.97. The van der Waals surface area contributed by atoms with Gasteiger partial charge in [-0.15, -0.1) is 0 Å². The molecule has 0 bridgehead atoms. The molecule has 66 valence electrons. The molecule has 0 radical (unpaired) electrons. The van der Waals surface area contributed by atoms with Gasteiger partial charge in [0.05, 0.1) is 5.02 Å². The summed E-state index contributed by atoms with van der Waals surface area (Å²) in [5, 5.41) is 1.07. The van der Waals surface area contributed by atoms with E-state index in [1.165, 1.54) is 0 Å². The normalized spacial score (nSPS) is 9.92. The van der Waals surface area contributed by atoms with Crippen LogP contribution in [0.15, 0.2) is 18.2 Å². The summed E-state index contributed by atoms with van der Waals surface area (Å²) in [6.07, 6.45) is 0. The molecule has 0 aromatic heterocycles. The van der Waals surface area contributed by atoms with Crippen molar-refractivity contribution in [2.75, 3.05) is 13.9 Å². The van der Waals surface area contributed by atoms with Crippen LogP contribution in [0.1, 0.15) is 0 Å². The van der Waals surface area contributed by atoms with Crippen LogP contribution in [-0.4, -0.2) is 13.9 Å². The average molecular weight is 207 g/mol. The Morgan fingerprint density at radius 1 is 1.33 bits per heavy atom. The number of halogens is 2. The number of hydrogen-bond donors (Lipinski definition) is 0. The molecule has 0 fully saturated rings. The van der Waals surface area contributed by atoms with Crippen molar-refractivity contribution in [2.45, 2.75) is 0 Å². The van der Waals surface area contributed by atoms with Gasteiger partial charge in [0.25, 0.3) is 0 Å². The van der Waals surface area contributed by atoms with Crippen molar-refractivity contribution < 1.29 is 9.47 Å². The second-order valence-electron chi connectivity index (χ2n) is 2.13. The number of benzene rings is 1. The maximum absolute atomic E-state index is 5.80. The van der Waals surface area contributed by atoms with Gasteiger partial charge in [0, 0.05) is 12.1 Å². The lowest BCUT2D eigenvalue weighted by molar-refractivity contribution is 0.0512. The Kier molecular flexibility index (Phi) is 3.66. The van der Waals surface area contributed by atoms with Crippen LogP contribution >= 0.6 is 23.2 Å². The fourth-order valence-electron chi connectivity index (χ4n) is 0.715. The third kappa shape index (κ3) is 2.55. The fraction of sp³-hybridized carbons (Fsp3) is 0.250. The first-order valence-corrected chi connectivity index (χ1v) is 4.06. The molecule has 0 amide bonds. The molecule has 1 rings (SSSR count). The van der Waals surface area contributed by atoms with E-state index >= 15 is 0 Å². The van der Waals surface area contributed by atoms with Crippen LogP contribution in [0, 0.1) is 0 Å². The van der Waals surface area contributed by atoms with E-state index in [2.05, 4.69) is 0 Å². The first-order chi connectivity index (χ1) is 5.74. The number of ether oxygens (including phenoxy) is 2. The number of methoxy groups -OCH3 is 1. The van der Waals surface area contributed by atoms with E-state index in [0.29, 0.717) is 15.8 Å². The molecule has 2 nitrogen and oxygen atoms in total. The Balaban J connectivity index is 2.72. The molecule has 0 saturated heterocycles. The molecule has 12 heavy (non-hydrogen) atoms. The highest BCUT2D eigenvalue weighted by Gasteiger charge is 2.00. The first-order valence-electron chi connectivity index (χ1n) is 3.31. The summed E-state index contributed by atoms with van der Waals surface area (Å²) in [6, 6.07) is 5.02. The van der Waals surface area contributed by atoms with Crippen molar-refractivity contribution in [1.82, 2.24) is 0 Å². The smallest absolute Gasteiger partial charge is 0.188 e. The fourth-order valence-corrected chi connectivity index (χ4v) is 1.18. The maximum atomic E-state index is 5.80. The van der Waals surface area contributed by atoms with Crippen LogP contribution in [0.5, 0.6) is 5.75 Å². The zero-order chi connectivity index (χ0) is 8.97. The predicted molar refractivity (Wildman–Crippen MR) is 49.0 cm³/mol. The zero-order valence-corrected chi connectivity index (χ0v) is 8.02. The third-order valence-electron chi connectivity index (χ3n) is 1.23. The Bertz CT molecular complexity index is 263. The molecule has 0 N–H and O–H groups in total. The largest absolute Gasteiger partial charge is 0.466 e. The lowest BCUT2D eigenvalue weighted by Crippen LogP contribution is -1.98. The van der Waals surface area contributed by atoms with Crippen molar-refractivity contribution in [1.29, 1.82) is 0 Å². The molecule has 1 aromatic rings. The molecular formula is C8H8Cl2O2. The Morgan fingerprint density at radius 2 is 2.08 bits per heavy atom. The van der Waals surface area contributed by atoms with Crippen LogP contribution in [0.4, 0.5) is 0 Å². The lowest BCUT2D eigenvalue weighted by Gasteiger charge is -2.05. The van der Waals surface area contributed by atoms with Gasteiger partial charge in [-0.3, -0.25) is 0 Å². The molecule has 4 heteroatoms. The summed E-state index contributed by atoms with van der Waals surface area (Å²) in [6.45, 7) is 0.182. The quantitative estimate of drug-likeness (QED) is 0.709. The van der Waals surface area contributed by atoms with Crippen molar-refractivity contribution in [2.24, 2.45) is 0 Å². The third-order valence-corrected chi connectivity index (χ3v) is 1.76. The SMILES string of the molecule is COCOc1ccc(Cl)cc1Cl. The molecule has 0 heterocycles. The van der Waals surface area contributed by atoms with Gasteiger partial charge in [-0.05, 0) is 18.2 Å². The Morgan fingerprint density at radius 3 is 2.67 bits per heavy atom. The van der Waals surface area contributed by atoms with Gasteiger partial charge in [-0.25, -0.2) is 0 Å². The minimum atomic E-state index is 0.182. The van der Waals surface area contributed by atoms with Gasteiger partial charge in [0.1, 0.15) is 5.75 Å². The van der Waals surface area contributed by atoms with Gasteiger partial charge in [0.15, 0.2) is 6.79 Å². The molecule has 0 spiro atoms. The van der Waals surface area contributed by atoms with Gasteiger partial charge in [0.2, 0.25) is 0 Å². The predicted octanol–water partition coefficient (Wildman–Crippen LogP) is 2.98. The number of rotatable bonds is 3. The minimum absolute atomic E-state index is 0.182. The summed E-state index contributed by atoms with van der Waals surface area (Å²) >= 11 is 11.5. The van der Waals surface area contributed by atoms with Crippen molar-refractivity contribution in [3.63, 3.8) is 0 Å². The highest BCUT2D eigenvalue weighted by atomic mass is 35.5. The van der Waals surface area contributed by atoms with Crippen LogP contribution < -0.4 is 4.74 Å². The molecule has 1 aromatic carbocycles. The monoisotopic (exact) mass is 206 g/mol. The average Bonchev–Trinajstić information content (AvgIpc) is 2.03. The summed E-state index contributed by atoms with van der Waals surface area (Å²) in [7, 11) is 1.55. The molecule has 0 aliphatic rings. The van der Waals surface area contributed by atoms with Crippen molar-refractivity contribution in [3.8, 4) is 5.75 Å². The van der Waals surface area contributed by atoms with Gasteiger partial charge < -0.3 is 9.47 Å². The van der Waals surface area contributed by atoms with Crippen LogP contribution in [0.3, 0.4) is 0 Å². The van der Waals surface area contributed by atoms with Crippen LogP contribution in [-0.2, 0) is 4.74 Å². The summed E-state index contributed by atoms with van der Waals surface area (Å²) in [5.74, 6) is 0.572. The summed E-state index contributed by atoms with van der Waals surface area (Å²) in [4.78, 5) is 0. The Hall–Kier alpha value is -0.440. The summed E-state index contributed by atoms with van der Waals surface area (Å²) in [5.41, 5.74) is 0. The standard InChI is InChI=1S/C8H8Cl2O2/c1-11-5-12-8-3-2-6(9)4-7(8)10/h2-4H,5H2,1H3. The van der Waals surface area contributed by atoms with Gasteiger partial charge in [-0.2, -0.15) is 0 Å². The zero-order valence-electron chi connectivity index (χ0n) is 6.51. The Labute approximate surface area is 81.0 Å². The summed E-state index contributed by atoms with van der Waals surface area (Å²) < 4.78 is 9.85. The second kappa shape index (κ2) is 4.55.